The number of nitrogens with zero attached hydrogens (tertiary/aromatic N) is 2. The van der Waals surface area contributed by atoms with Crippen LogP contribution in [0, 0.1) is 13.8 Å². The van der Waals surface area contributed by atoms with E-state index in [1.807, 2.05) is 19.9 Å². The van der Waals surface area contributed by atoms with Gasteiger partial charge >= 0.3 is 0 Å². The number of nitrogens with one attached hydrogen (secondary N) is 2. The second kappa shape index (κ2) is 10.6. The first-order chi connectivity index (χ1) is 14.6. The van der Waals surface area contributed by atoms with E-state index in [0.29, 0.717) is 19.2 Å². The standard InChI is InChI=1S/C23H32N4O3.HI/c1-4-24-22(25-13-21-27-16(2)17(3)30-21)26-14-23(10-6-5-7-11-23)18-8-9-19-20(12-18)29-15-28-19;/h8-9,12H,4-7,10-11,13-15H2,1-3H3,(H2,24,25,26);1H. The molecule has 1 aliphatic carbocycles. The van der Waals surface area contributed by atoms with Crippen LogP contribution in [0.25, 0.3) is 0 Å². The van der Waals surface area contributed by atoms with Crippen molar-refractivity contribution in [1.82, 2.24) is 15.6 Å². The van der Waals surface area contributed by atoms with Gasteiger partial charge < -0.3 is 24.5 Å². The van der Waals surface area contributed by atoms with Gasteiger partial charge in [-0.25, -0.2) is 9.98 Å². The summed E-state index contributed by atoms with van der Waals surface area (Å²) < 4.78 is 16.8. The number of guanidine groups is 1. The van der Waals surface area contributed by atoms with E-state index >= 15 is 0 Å². The predicted molar refractivity (Wildman–Crippen MR) is 132 cm³/mol. The van der Waals surface area contributed by atoms with Crippen molar-refractivity contribution >= 4 is 29.9 Å². The summed E-state index contributed by atoms with van der Waals surface area (Å²) in [6, 6.07) is 6.40. The molecule has 1 aromatic carbocycles. The zero-order valence-corrected chi connectivity index (χ0v) is 21.0. The van der Waals surface area contributed by atoms with E-state index in [1.165, 1.54) is 24.8 Å². The monoisotopic (exact) mass is 540 g/mol. The van der Waals surface area contributed by atoms with Crippen LogP contribution in [0.15, 0.2) is 27.6 Å². The zero-order chi connectivity index (χ0) is 21.0. The highest BCUT2D eigenvalue weighted by atomic mass is 127. The van der Waals surface area contributed by atoms with Crippen LogP contribution in [0.4, 0.5) is 0 Å². The Bertz CT molecular complexity index is 887. The smallest absolute Gasteiger partial charge is 0.231 e. The third kappa shape index (κ3) is 5.45. The van der Waals surface area contributed by atoms with Crippen molar-refractivity contribution in [3.05, 3.63) is 41.1 Å². The maximum Gasteiger partial charge on any atom is 0.231 e. The van der Waals surface area contributed by atoms with Crippen molar-refractivity contribution in [1.29, 1.82) is 0 Å². The van der Waals surface area contributed by atoms with Crippen LogP contribution in [0.1, 0.15) is 61.9 Å². The largest absolute Gasteiger partial charge is 0.454 e. The highest BCUT2D eigenvalue weighted by Crippen LogP contribution is 2.43. The van der Waals surface area contributed by atoms with Gasteiger partial charge in [-0.1, -0.05) is 25.3 Å². The summed E-state index contributed by atoms with van der Waals surface area (Å²) in [5.41, 5.74) is 2.29. The molecule has 0 radical (unpaired) electrons. The molecule has 1 aliphatic heterocycles. The molecule has 31 heavy (non-hydrogen) atoms. The molecule has 7 nitrogen and oxygen atoms in total. The number of aliphatic imine (C=N–C) groups is 1. The minimum atomic E-state index is 0. The van der Waals surface area contributed by atoms with Crippen LogP contribution in [0.3, 0.4) is 0 Å². The summed E-state index contributed by atoms with van der Waals surface area (Å²) in [6.45, 7) is 8.30. The maximum atomic E-state index is 5.67. The number of hydrogen-bond acceptors (Lipinski definition) is 5. The molecule has 0 spiro atoms. The molecule has 1 fully saturated rings. The Morgan fingerprint density at radius 1 is 1.10 bits per heavy atom. The highest BCUT2D eigenvalue weighted by Gasteiger charge is 2.35. The van der Waals surface area contributed by atoms with Crippen molar-refractivity contribution in [3.8, 4) is 11.5 Å². The Labute approximate surface area is 201 Å². The van der Waals surface area contributed by atoms with Gasteiger partial charge in [-0.3, -0.25) is 0 Å². The molecule has 2 aliphatic rings. The summed E-state index contributed by atoms with van der Waals surface area (Å²) in [4.78, 5) is 9.13. The van der Waals surface area contributed by atoms with Crippen LogP contribution in [0.5, 0.6) is 11.5 Å². The normalized spacial score (nSPS) is 17.2. The van der Waals surface area contributed by atoms with Crippen LogP contribution >= 0.6 is 24.0 Å². The molecule has 2 aromatic rings. The Morgan fingerprint density at radius 3 is 2.58 bits per heavy atom. The Hall–Kier alpha value is -1.97. The molecule has 1 saturated carbocycles. The summed E-state index contributed by atoms with van der Waals surface area (Å²) >= 11 is 0. The molecule has 2 heterocycles. The first-order valence-electron chi connectivity index (χ1n) is 10.9. The van der Waals surface area contributed by atoms with Crippen molar-refractivity contribution in [2.45, 2.75) is 64.8 Å². The lowest BCUT2D eigenvalue weighted by molar-refractivity contribution is 0.174. The topological polar surface area (TPSA) is 80.9 Å². The molecule has 1 aromatic heterocycles. The Kier molecular flexibility index (Phi) is 8.07. The van der Waals surface area contributed by atoms with E-state index in [2.05, 4.69) is 34.7 Å². The quantitative estimate of drug-likeness (QED) is 0.317. The lowest BCUT2D eigenvalue weighted by atomic mass is 9.69. The third-order valence-corrected chi connectivity index (χ3v) is 6.18. The van der Waals surface area contributed by atoms with Gasteiger partial charge in [-0.05, 0) is 51.3 Å². The van der Waals surface area contributed by atoms with Crippen LogP contribution in [-0.4, -0.2) is 30.8 Å². The summed E-state index contributed by atoms with van der Waals surface area (Å²) in [6.07, 6.45) is 6.06. The van der Waals surface area contributed by atoms with E-state index in [9.17, 15) is 0 Å². The molecule has 0 atom stereocenters. The average molecular weight is 540 g/mol. The van der Waals surface area contributed by atoms with Crippen molar-refractivity contribution in [2.24, 2.45) is 4.99 Å². The van der Waals surface area contributed by atoms with Gasteiger partial charge in [0.05, 0.1) is 5.69 Å². The molecule has 0 saturated heterocycles. The fourth-order valence-corrected chi connectivity index (χ4v) is 4.37. The lowest BCUT2D eigenvalue weighted by Gasteiger charge is -2.38. The van der Waals surface area contributed by atoms with Gasteiger partial charge in [-0.2, -0.15) is 0 Å². The van der Waals surface area contributed by atoms with E-state index in [-0.39, 0.29) is 29.4 Å². The molecular formula is C23H33IN4O3. The lowest BCUT2D eigenvalue weighted by Crippen LogP contribution is -2.46. The van der Waals surface area contributed by atoms with E-state index in [4.69, 9.17) is 18.9 Å². The fraction of sp³-hybridized carbons (Fsp3) is 0.565. The third-order valence-electron chi connectivity index (χ3n) is 6.18. The number of halogens is 1. The zero-order valence-electron chi connectivity index (χ0n) is 18.6. The average Bonchev–Trinajstić information content (AvgIpc) is 3.36. The number of benzene rings is 1. The predicted octanol–water partition coefficient (Wildman–Crippen LogP) is 4.60. The molecule has 4 rings (SSSR count). The van der Waals surface area contributed by atoms with E-state index < -0.39 is 0 Å². The van der Waals surface area contributed by atoms with E-state index in [0.717, 1.165) is 54.8 Å². The van der Waals surface area contributed by atoms with Crippen molar-refractivity contribution in [2.75, 3.05) is 19.9 Å². The first kappa shape index (κ1) is 23.7. The van der Waals surface area contributed by atoms with Gasteiger partial charge in [-0.15, -0.1) is 24.0 Å². The molecule has 170 valence electrons. The summed E-state index contributed by atoms with van der Waals surface area (Å²) in [7, 11) is 0. The van der Waals surface area contributed by atoms with Crippen molar-refractivity contribution < 1.29 is 13.9 Å². The first-order valence-corrected chi connectivity index (χ1v) is 10.9. The van der Waals surface area contributed by atoms with Gasteiger partial charge in [0, 0.05) is 18.5 Å². The van der Waals surface area contributed by atoms with E-state index in [1.54, 1.807) is 0 Å². The highest BCUT2D eigenvalue weighted by molar-refractivity contribution is 14.0. The Morgan fingerprint density at radius 2 is 1.87 bits per heavy atom. The number of oxazole rings is 1. The minimum Gasteiger partial charge on any atom is -0.454 e. The summed E-state index contributed by atoms with van der Waals surface area (Å²) in [5.74, 6) is 3.97. The minimum absolute atomic E-state index is 0. The van der Waals surface area contributed by atoms with Gasteiger partial charge in [0.1, 0.15) is 12.3 Å². The summed E-state index contributed by atoms with van der Waals surface area (Å²) in [5, 5.41) is 6.94. The molecule has 0 bridgehead atoms. The number of rotatable bonds is 6. The number of fused-ring (bicyclic) bond motifs is 1. The van der Waals surface area contributed by atoms with Gasteiger partial charge in [0.15, 0.2) is 17.5 Å². The molecular weight excluding hydrogens is 507 g/mol. The molecule has 0 amide bonds. The van der Waals surface area contributed by atoms with Crippen LogP contribution < -0.4 is 20.1 Å². The second-order valence-electron chi connectivity index (χ2n) is 8.21. The second-order valence-corrected chi connectivity index (χ2v) is 8.21. The number of aryl methyl sites for hydroxylation is 2. The number of hydrogen-bond donors (Lipinski definition) is 2. The van der Waals surface area contributed by atoms with Crippen LogP contribution in [0.2, 0.25) is 0 Å². The fourth-order valence-electron chi connectivity index (χ4n) is 4.37. The number of aromatic nitrogens is 1. The number of ether oxygens (including phenoxy) is 2. The van der Waals surface area contributed by atoms with Crippen molar-refractivity contribution in [3.63, 3.8) is 0 Å². The maximum absolute atomic E-state index is 5.67. The SMILES string of the molecule is CCNC(=NCc1nc(C)c(C)o1)NCC1(c2ccc3c(c2)OCO3)CCCCC1.I. The van der Waals surface area contributed by atoms with Gasteiger partial charge in [0.25, 0.3) is 0 Å². The van der Waals surface area contributed by atoms with Gasteiger partial charge in [0.2, 0.25) is 12.7 Å². The van der Waals surface area contributed by atoms with Crippen LogP contribution in [-0.2, 0) is 12.0 Å². The molecule has 2 N–H and O–H groups in total. The molecule has 8 heteroatoms. The Balaban J connectivity index is 0.00000272. The molecule has 0 unspecified atom stereocenters.